The molecule has 1 unspecified atom stereocenters. The predicted molar refractivity (Wildman–Crippen MR) is 138 cm³/mol. The topological polar surface area (TPSA) is 207 Å². The van der Waals surface area contributed by atoms with Crippen LogP contribution in [-0.4, -0.2) is 59.3 Å². The zero-order valence-corrected chi connectivity index (χ0v) is 21.0. The minimum absolute atomic E-state index is 0.0461. The minimum atomic E-state index is -2.08. The van der Waals surface area contributed by atoms with Crippen LogP contribution in [0.25, 0.3) is 43.1 Å². The first-order chi connectivity index (χ1) is 20.6. The van der Waals surface area contributed by atoms with Gasteiger partial charge in [-0.2, -0.15) is 0 Å². The molecule has 0 amide bonds. The summed E-state index contributed by atoms with van der Waals surface area (Å²) in [5.74, 6) is -3.87. The van der Waals surface area contributed by atoms with Crippen molar-refractivity contribution < 1.29 is 72.1 Å². The summed E-state index contributed by atoms with van der Waals surface area (Å²) >= 11 is 0. The van der Waals surface area contributed by atoms with E-state index in [1.54, 1.807) is 6.07 Å². The number of hydrogen-bond acceptors (Lipinski definition) is 15. The van der Waals surface area contributed by atoms with Gasteiger partial charge in [0.05, 0.1) is 17.4 Å². The summed E-state index contributed by atoms with van der Waals surface area (Å²) in [6.45, 7) is -1.06. The van der Waals surface area contributed by atoms with Crippen molar-refractivity contribution in [2.24, 2.45) is 0 Å². The molecule has 43 heavy (non-hydrogen) atoms. The molecule has 5 aromatic rings. The lowest BCUT2D eigenvalue weighted by Crippen LogP contribution is -2.34. The van der Waals surface area contributed by atoms with Crippen LogP contribution in [0.1, 0.15) is 0 Å². The van der Waals surface area contributed by atoms with E-state index in [9.17, 15) is 33.9 Å². The standard InChI is InChI=1S/C28H12O15/c29-8-12(30)23(31)24(32)37-16-7-17-22-15(40-27(35)43-28(36)41-17)5-2-10-9-1-4-13-21-14(39-26(34)42-25(33)38-13)6-3-11(18(9)21)19(16)20(10)22/h1-7,12,29-30H,8H2. The highest BCUT2D eigenvalue weighted by Gasteiger charge is 2.32. The number of ether oxygens (including phenoxy) is 7. The number of ketones is 1. The van der Waals surface area contributed by atoms with Gasteiger partial charge in [0.15, 0.2) is 0 Å². The van der Waals surface area contributed by atoms with E-state index < -0.39 is 49.1 Å². The molecule has 0 fully saturated rings. The molecular weight excluding hydrogens is 576 g/mol. The number of aliphatic hydroxyl groups excluding tert-OH is 2. The summed E-state index contributed by atoms with van der Waals surface area (Å²) in [4.78, 5) is 73.6. The van der Waals surface area contributed by atoms with E-state index in [1.807, 2.05) is 0 Å². The first-order valence-corrected chi connectivity index (χ1v) is 12.2. The van der Waals surface area contributed by atoms with Gasteiger partial charge in [-0.3, -0.25) is 4.79 Å². The fourth-order valence-electron chi connectivity index (χ4n) is 5.20. The van der Waals surface area contributed by atoms with Gasteiger partial charge >= 0.3 is 30.6 Å². The molecule has 7 rings (SSSR count). The number of Topliss-reactive ketones (excluding diaryl/α,β-unsaturated/α-hetero) is 1. The maximum absolute atomic E-state index is 12.8. The molecule has 0 spiro atoms. The SMILES string of the molecule is O=C1OC(=O)Oc2ccc3c4c(OC(=O)C(=O)C(O)CO)cc5c6c(ccc(c7ccc(c2c73)O1)c64)OC(=O)OC(=O)O5. The summed E-state index contributed by atoms with van der Waals surface area (Å²) in [6.07, 6.45) is -7.61. The van der Waals surface area contributed by atoms with Gasteiger partial charge < -0.3 is 43.4 Å². The second-order valence-electron chi connectivity index (χ2n) is 9.15. The molecule has 2 heterocycles. The van der Waals surface area contributed by atoms with Gasteiger partial charge in [0.2, 0.25) is 0 Å². The monoisotopic (exact) mass is 588 g/mol. The van der Waals surface area contributed by atoms with Crippen LogP contribution in [0.5, 0.6) is 28.7 Å². The molecule has 2 N–H and O–H groups in total. The van der Waals surface area contributed by atoms with Crippen LogP contribution in [-0.2, 0) is 19.1 Å². The highest BCUT2D eigenvalue weighted by atomic mass is 16.8. The van der Waals surface area contributed by atoms with Crippen LogP contribution < -0.4 is 23.7 Å². The number of cyclic esters (lactones) is 4. The average molecular weight is 588 g/mol. The molecule has 1 atom stereocenters. The summed E-state index contributed by atoms with van der Waals surface area (Å²) < 4.78 is 35.2. The zero-order chi connectivity index (χ0) is 30.2. The number of hydrogen-bond donors (Lipinski definition) is 2. The van der Waals surface area contributed by atoms with E-state index in [1.165, 1.54) is 30.3 Å². The molecule has 0 radical (unpaired) electrons. The van der Waals surface area contributed by atoms with E-state index in [-0.39, 0.29) is 55.7 Å². The van der Waals surface area contributed by atoms with Gasteiger partial charge in [0.1, 0.15) is 34.9 Å². The van der Waals surface area contributed by atoms with Crippen molar-refractivity contribution >= 4 is 79.5 Å². The van der Waals surface area contributed by atoms with Gasteiger partial charge in [-0.15, -0.1) is 0 Å². The van der Waals surface area contributed by atoms with E-state index in [4.69, 9.17) is 28.8 Å². The van der Waals surface area contributed by atoms with Crippen molar-refractivity contribution in [3.05, 3.63) is 42.5 Å². The van der Waals surface area contributed by atoms with Crippen molar-refractivity contribution in [1.29, 1.82) is 0 Å². The highest BCUT2D eigenvalue weighted by molar-refractivity contribution is 6.39. The zero-order valence-electron chi connectivity index (χ0n) is 21.0. The average Bonchev–Trinajstić information content (AvgIpc) is 2.95. The Morgan fingerprint density at radius 3 is 1.60 bits per heavy atom. The number of fused-ring (bicyclic) bond motifs is 2. The first kappa shape index (κ1) is 25.9. The van der Waals surface area contributed by atoms with Crippen LogP contribution in [0, 0.1) is 0 Å². The number of rotatable bonds is 4. The normalized spacial score (nSPS) is 15.3. The molecule has 214 valence electrons. The molecule has 0 bridgehead atoms. The smallest absolute Gasteiger partial charge is 0.420 e. The van der Waals surface area contributed by atoms with E-state index in [0.29, 0.717) is 16.2 Å². The molecule has 0 aliphatic carbocycles. The van der Waals surface area contributed by atoms with E-state index in [2.05, 4.69) is 9.47 Å². The van der Waals surface area contributed by atoms with Crippen molar-refractivity contribution in [3.63, 3.8) is 0 Å². The molecule has 15 heteroatoms. The van der Waals surface area contributed by atoms with Crippen molar-refractivity contribution in [2.75, 3.05) is 6.61 Å². The Bertz CT molecular complexity index is 2110. The Hall–Kier alpha value is -6.06. The van der Waals surface area contributed by atoms with Crippen molar-refractivity contribution in [3.8, 4) is 28.7 Å². The Morgan fingerprint density at radius 1 is 0.605 bits per heavy atom. The second-order valence-corrected chi connectivity index (χ2v) is 9.15. The van der Waals surface area contributed by atoms with E-state index in [0.717, 1.165) is 6.07 Å². The summed E-state index contributed by atoms with van der Waals surface area (Å²) in [6, 6.07) is 9.81. The maximum atomic E-state index is 12.8. The second kappa shape index (κ2) is 9.23. The Labute approximate surface area is 235 Å². The van der Waals surface area contributed by atoms with Crippen molar-refractivity contribution in [2.45, 2.75) is 6.10 Å². The van der Waals surface area contributed by atoms with Crippen molar-refractivity contribution in [1.82, 2.24) is 0 Å². The molecule has 2 aliphatic rings. The van der Waals surface area contributed by atoms with Gasteiger partial charge in [-0.25, -0.2) is 24.0 Å². The lowest BCUT2D eigenvalue weighted by atomic mass is 9.88. The molecular formula is C28H12O15. The molecule has 5 aromatic carbocycles. The van der Waals surface area contributed by atoms with Crippen LogP contribution in [0.3, 0.4) is 0 Å². The number of carbonyl (C=O) groups excluding carboxylic acids is 6. The van der Waals surface area contributed by atoms with Gasteiger partial charge in [0, 0.05) is 22.2 Å². The third kappa shape index (κ3) is 3.91. The molecule has 2 aliphatic heterocycles. The minimum Gasteiger partial charge on any atom is -0.420 e. The largest absolute Gasteiger partial charge is 0.524 e. The van der Waals surface area contributed by atoms with Gasteiger partial charge in [-0.05, 0) is 52.6 Å². The van der Waals surface area contributed by atoms with Gasteiger partial charge in [0.25, 0.3) is 5.78 Å². The third-order valence-corrected chi connectivity index (χ3v) is 6.80. The Balaban J connectivity index is 1.64. The lowest BCUT2D eigenvalue weighted by Gasteiger charge is -2.23. The number of esters is 1. The first-order valence-electron chi connectivity index (χ1n) is 12.2. The quantitative estimate of drug-likeness (QED) is 0.0584. The van der Waals surface area contributed by atoms with Crippen LogP contribution >= 0.6 is 0 Å². The Morgan fingerprint density at radius 2 is 1.07 bits per heavy atom. The summed E-state index contributed by atoms with van der Waals surface area (Å²) in [7, 11) is 0. The number of benzene rings is 5. The highest BCUT2D eigenvalue weighted by Crippen LogP contribution is 2.52. The molecule has 0 saturated carbocycles. The summed E-state index contributed by atoms with van der Waals surface area (Å²) in [5.41, 5.74) is 0. The fraction of sp³-hybridized carbons (Fsp3) is 0.0714. The number of carbonyl (C=O) groups is 6. The summed E-state index contributed by atoms with van der Waals surface area (Å²) in [5, 5.41) is 20.9. The fourth-order valence-corrected chi connectivity index (χ4v) is 5.20. The van der Waals surface area contributed by atoms with Crippen LogP contribution in [0.2, 0.25) is 0 Å². The van der Waals surface area contributed by atoms with Crippen LogP contribution in [0.15, 0.2) is 42.5 Å². The lowest BCUT2D eigenvalue weighted by molar-refractivity contribution is -0.152. The third-order valence-electron chi connectivity index (χ3n) is 6.80. The molecule has 0 aromatic heterocycles. The molecule has 0 saturated heterocycles. The van der Waals surface area contributed by atoms with Crippen LogP contribution in [0.4, 0.5) is 19.2 Å². The Kier molecular flexibility index (Phi) is 5.56. The maximum Gasteiger partial charge on any atom is 0.524 e. The predicted octanol–water partition coefficient (Wildman–Crippen LogP) is 3.62. The molecule has 15 nitrogen and oxygen atoms in total. The number of aliphatic hydroxyl groups is 2. The van der Waals surface area contributed by atoms with Gasteiger partial charge in [-0.1, -0.05) is 0 Å². The van der Waals surface area contributed by atoms with E-state index >= 15 is 0 Å².